The van der Waals surface area contributed by atoms with Gasteiger partial charge in [0.25, 0.3) is 0 Å². The van der Waals surface area contributed by atoms with Crippen molar-refractivity contribution in [1.29, 1.82) is 0 Å². The summed E-state index contributed by atoms with van der Waals surface area (Å²) in [5, 5.41) is 0. The molecule has 1 nitrogen and oxygen atoms in total. The zero-order valence-electron chi connectivity index (χ0n) is 3.69. The van der Waals surface area contributed by atoms with Crippen molar-refractivity contribution in [1.82, 2.24) is 0 Å². The molecule has 0 spiro atoms. The van der Waals surface area contributed by atoms with E-state index in [4.69, 9.17) is 4.79 Å². The molecule has 3 radical (unpaired) electrons. The minimum absolute atomic E-state index is 0. The molecule has 0 rings (SSSR count). The van der Waals surface area contributed by atoms with Gasteiger partial charge in [-0.05, 0) is 0 Å². The van der Waals surface area contributed by atoms with Gasteiger partial charge < -0.3 is 6.22 Å². The molecule has 0 bridgehead atoms. The van der Waals surface area contributed by atoms with Crippen LogP contribution in [-0.4, -0.2) is 15.2 Å². The number of carbonyl (C=O) groups is 1. The van der Waals surface area contributed by atoms with Gasteiger partial charge in [-0.2, -0.15) is 0 Å². The van der Waals surface area contributed by atoms with Crippen LogP contribution in [0.5, 0.6) is 0 Å². The summed E-state index contributed by atoms with van der Waals surface area (Å²) in [6.45, 7) is 2.00. The number of hydrogen-bond acceptors (Lipinski definition) is 1. The van der Waals surface area contributed by atoms with Crippen molar-refractivity contribution in [3.05, 3.63) is 0 Å². The first-order chi connectivity index (χ1) is 1.00. The minimum Gasteiger partial charge on any atom is -1.00 e. The van der Waals surface area contributed by atoms with Gasteiger partial charge in [0.05, 0.1) is 0 Å². The summed E-state index contributed by atoms with van der Waals surface area (Å²) in [7, 11) is 0. The quantitative estimate of drug-likeness (QED) is 0.268. The summed E-state index contributed by atoms with van der Waals surface area (Å²) >= 11 is 0. The van der Waals surface area contributed by atoms with Gasteiger partial charge in [0.1, 0.15) is 6.79 Å². The van der Waals surface area contributed by atoms with Crippen LogP contribution in [0.2, 0.25) is 0 Å². The molecule has 3 heteroatoms. The van der Waals surface area contributed by atoms with Crippen molar-refractivity contribution >= 4 is 15.2 Å². The third-order valence-corrected chi connectivity index (χ3v) is 0. The maximum Gasteiger partial charge on any atom is 1.00 e. The van der Waals surface area contributed by atoms with Gasteiger partial charge in [-0.1, -0.05) is 0 Å². The van der Waals surface area contributed by atoms with Crippen molar-refractivity contribution in [2.75, 3.05) is 0 Å². The summed E-state index contributed by atoms with van der Waals surface area (Å²) in [5.41, 5.74) is 0. The SMILES string of the molecule is C=O.[B].[H-].[Na+]. The Bertz CT molecular complexity index is 11.6. The van der Waals surface area contributed by atoms with Crippen LogP contribution < -0.4 is 29.6 Å². The maximum atomic E-state index is 8.00. The molecule has 0 N–H and O–H groups in total. The summed E-state index contributed by atoms with van der Waals surface area (Å²) < 4.78 is 0. The zero-order chi connectivity index (χ0) is 2.00. The Hall–Kier alpha value is 0.735. The first kappa shape index (κ1) is 21.9. The Kier molecular flexibility index (Phi) is 284. The third kappa shape index (κ3) is 15.2. The van der Waals surface area contributed by atoms with E-state index in [2.05, 4.69) is 0 Å². The van der Waals surface area contributed by atoms with Gasteiger partial charge in [0.2, 0.25) is 0 Å². The molecule has 4 heavy (non-hydrogen) atoms. The molecular weight excluding hydrogens is 61.8 g/mol. The molecular formula is CH3BNaO. The van der Waals surface area contributed by atoms with E-state index in [1.807, 2.05) is 6.79 Å². The van der Waals surface area contributed by atoms with E-state index in [1.165, 1.54) is 0 Å². The summed E-state index contributed by atoms with van der Waals surface area (Å²) in [6.07, 6.45) is 0. The van der Waals surface area contributed by atoms with Crippen LogP contribution in [0.4, 0.5) is 0 Å². The minimum atomic E-state index is 0. The molecule has 0 amide bonds. The average Bonchev–Trinajstić information content (AvgIpc) is 1.00. The molecule has 0 aromatic carbocycles. The van der Waals surface area contributed by atoms with Crippen molar-refractivity contribution in [2.45, 2.75) is 0 Å². The Morgan fingerprint density at radius 2 is 1.50 bits per heavy atom. The van der Waals surface area contributed by atoms with Crippen LogP contribution in [0.1, 0.15) is 1.43 Å². The van der Waals surface area contributed by atoms with Gasteiger partial charge in [0, 0.05) is 8.41 Å². The molecule has 0 atom stereocenters. The average molecular weight is 64.8 g/mol. The first-order valence-electron chi connectivity index (χ1n) is 0.289. The first-order valence-corrected chi connectivity index (χ1v) is 0.289. The van der Waals surface area contributed by atoms with E-state index in [0.717, 1.165) is 0 Å². The Morgan fingerprint density at radius 1 is 1.50 bits per heavy atom. The Labute approximate surface area is 51.1 Å². The van der Waals surface area contributed by atoms with Crippen LogP contribution in [0.25, 0.3) is 0 Å². The fraction of sp³-hybridized carbons (Fsp3) is 0. The second-order valence-electron chi connectivity index (χ2n) is 0. The molecule has 0 unspecified atom stereocenters. The second kappa shape index (κ2) is 51.7. The summed E-state index contributed by atoms with van der Waals surface area (Å²) in [5.74, 6) is 0. The van der Waals surface area contributed by atoms with E-state index < -0.39 is 0 Å². The fourth-order valence-corrected chi connectivity index (χ4v) is 0. The standard InChI is InChI=1S/CH2O.B.Na.H/c1-2;;;/h1H2;;;/q;;+1;-1. The molecule has 0 fully saturated rings. The molecule has 0 aliphatic carbocycles. The van der Waals surface area contributed by atoms with E-state index in [9.17, 15) is 0 Å². The largest absolute Gasteiger partial charge is 1.00 e. The van der Waals surface area contributed by atoms with Crippen molar-refractivity contribution in [3.8, 4) is 0 Å². The normalized spacial score (nSPS) is 1.00. The van der Waals surface area contributed by atoms with Gasteiger partial charge in [-0.25, -0.2) is 0 Å². The fourth-order valence-electron chi connectivity index (χ4n) is 0. The van der Waals surface area contributed by atoms with Gasteiger partial charge in [0.15, 0.2) is 0 Å². The molecule has 0 aliphatic heterocycles. The number of hydrogen-bond donors (Lipinski definition) is 0. The van der Waals surface area contributed by atoms with E-state index in [1.54, 1.807) is 0 Å². The molecule has 0 aromatic heterocycles. The predicted molar refractivity (Wildman–Crippen MR) is 14.0 cm³/mol. The predicted octanol–water partition coefficient (Wildman–Crippen LogP) is -3.45. The number of carbonyl (C=O) groups excluding carboxylic acids is 1. The summed E-state index contributed by atoms with van der Waals surface area (Å²) in [4.78, 5) is 8.00. The maximum absolute atomic E-state index is 8.00. The Balaban J connectivity index is -0.00000000167. The van der Waals surface area contributed by atoms with Crippen molar-refractivity contribution in [3.63, 3.8) is 0 Å². The third-order valence-electron chi connectivity index (χ3n) is 0. The van der Waals surface area contributed by atoms with Crippen LogP contribution >= 0.6 is 0 Å². The second-order valence-corrected chi connectivity index (χ2v) is 0. The zero-order valence-corrected chi connectivity index (χ0v) is 4.69. The van der Waals surface area contributed by atoms with E-state index in [0.29, 0.717) is 0 Å². The smallest absolute Gasteiger partial charge is 1.00 e. The molecule has 0 aliphatic rings. The Morgan fingerprint density at radius 3 is 1.50 bits per heavy atom. The summed E-state index contributed by atoms with van der Waals surface area (Å²) in [6, 6.07) is 0. The monoisotopic (exact) mass is 65.0 g/mol. The molecule has 0 saturated heterocycles. The van der Waals surface area contributed by atoms with Crippen LogP contribution in [0.15, 0.2) is 0 Å². The molecule has 0 aromatic rings. The van der Waals surface area contributed by atoms with E-state index in [-0.39, 0.29) is 39.4 Å². The topological polar surface area (TPSA) is 17.1 Å². The van der Waals surface area contributed by atoms with E-state index >= 15 is 0 Å². The molecule has 17 valence electrons. The van der Waals surface area contributed by atoms with Crippen molar-refractivity contribution < 1.29 is 35.8 Å². The number of rotatable bonds is 0. The van der Waals surface area contributed by atoms with Gasteiger partial charge in [-0.15, -0.1) is 0 Å². The van der Waals surface area contributed by atoms with Crippen molar-refractivity contribution in [2.24, 2.45) is 0 Å². The van der Waals surface area contributed by atoms with Gasteiger partial charge in [-0.3, -0.25) is 0 Å². The van der Waals surface area contributed by atoms with Crippen LogP contribution in [0, 0.1) is 0 Å². The molecule has 0 saturated carbocycles. The van der Waals surface area contributed by atoms with Crippen LogP contribution in [0.3, 0.4) is 0 Å². The molecule has 0 heterocycles. The van der Waals surface area contributed by atoms with Gasteiger partial charge >= 0.3 is 29.6 Å². The van der Waals surface area contributed by atoms with Crippen LogP contribution in [-0.2, 0) is 4.79 Å².